The summed E-state index contributed by atoms with van der Waals surface area (Å²) in [6.07, 6.45) is 0. The van der Waals surface area contributed by atoms with Crippen LogP contribution in [-0.4, -0.2) is 10.2 Å². The van der Waals surface area contributed by atoms with Gasteiger partial charge in [0.05, 0.1) is 0 Å². The Labute approximate surface area is 94.6 Å². The minimum atomic E-state index is -0.500. The lowest BCUT2D eigenvalue weighted by Crippen LogP contribution is -1.89. The number of aromatic amines is 1. The van der Waals surface area contributed by atoms with Gasteiger partial charge in [0.1, 0.15) is 5.69 Å². The third-order valence-electron chi connectivity index (χ3n) is 2.19. The van der Waals surface area contributed by atoms with Gasteiger partial charge < -0.3 is 5.73 Å². The van der Waals surface area contributed by atoms with Crippen molar-refractivity contribution in [3.05, 3.63) is 34.1 Å². The van der Waals surface area contributed by atoms with Crippen molar-refractivity contribution in [2.45, 2.75) is 6.92 Å². The number of H-pyrrole nitrogens is 1. The summed E-state index contributed by atoms with van der Waals surface area (Å²) in [5, 5.41) is 6.21. The first-order valence-corrected chi connectivity index (χ1v) is 5.14. The molecule has 0 aliphatic carbocycles. The lowest BCUT2D eigenvalue weighted by molar-refractivity contribution is 0.636. The van der Waals surface area contributed by atoms with E-state index in [9.17, 15) is 4.39 Å². The molecule has 1 heterocycles. The Hall–Kier alpha value is -1.36. The molecule has 78 valence electrons. The monoisotopic (exact) mass is 269 g/mol. The Morgan fingerprint density at radius 2 is 2.20 bits per heavy atom. The van der Waals surface area contributed by atoms with Gasteiger partial charge in [-0.3, -0.25) is 5.10 Å². The number of nitrogens with one attached hydrogen (secondary N) is 1. The highest BCUT2D eigenvalue weighted by atomic mass is 79.9. The van der Waals surface area contributed by atoms with Gasteiger partial charge in [-0.05, 0) is 24.6 Å². The number of rotatable bonds is 1. The van der Waals surface area contributed by atoms with Crippen LogP contribution in [0.25, 0.3) is 11.3 Å². The quantitative estimate of drug-likeness (QED) is 0.837. The van der Waals surface area contributed by atoms with Crippen LogP contribution in [0.3, 0.4) is 0 Å². The van der Waals surface area contributed by atoms with Gasteiger partial charge in [-0.1, -0.05) is 22.0 Å². The number of hydrogen-bond donors (Lipinski definition) is 2. The van der Waals surface area contributed by atoms with Crippen LogP contribution >= 0.6 is 15.9 Å². The number of halogens is 2. The number of benzene rings is 1. The molecular weight excluding hydrogens is 261 g/mol. The van der Waals surface area contributed by atoms with Crippen LogP contribution in [0.5, 0.6) is 0 Å². The molecule has 3 nitrogen and oxygen atoms in total. The minimum absolute atomic E-state index is 0.104. The van der Waals surface area contributed by atoms with Gasteiger partial charge in [0.2, 0.25) is 0 Å². The summed E-state index contributed by atoms with van der Waals surface area (Å²) < 4.78 is 14.5. The Balaban J connectivity index is 2.59. The number of nitrogens with zero attached hydrogens (tertiary/aromatic N) is 1. The van der Waals surface area contributed by atoms with Gasteiger partial charge in [-0.2, -0.15) is 5.10 Å². The van der Waals surface area contributed by atoms with Gasteiger partial charge in [-0.25, -0.2) is 4.39 Å². The Morgan fingerprint density at radius 1 is 1.47 bits per heavy atom. The molecule has 0 saturated carbocycles. The van der Waals surface area contributed by atoms with Crippen LogP contribution in [-0.2, 0) is 0 Å². The fraction of sp³-hybridized carbons (Fsp3) is 0.100. The van der Waals surface area contributed by atoms with Crippen molar-refractivity contribution in [1.82, 2.24) is 10.2 Å². The summed E-state index contributed by atoms with van der Waals surface area (Å²) in [5.74, 6) is -0.604. The lowest BCUT2D eigenvalue weighted by Gasteiger charge is -2.03. The molecule has 0 saturated heterocycles. The second kappa shape index (κ2) is 3.66. The van der Waals surface area contributed by atoms with Crippen molar-refractivity contribution in [1.29, 1.82) is 0 Å². The molecule has 1 aromatic heterocycles. The van der Waals surface area contributed by atoms with Gasteiger partial charge in [0.25, 0.3) is 0 Å². The summed E-state index contributed by atoms with van der Waals surface area (Å²) in [6, 6.07) is 5.57. The van der Waals surface area contributed by atoms with E-state index >= 15 is 0 Å². The van der Waals surface area contributed by atoms with E-state index in [0.717, 1.165) is 15.6 Å². The molecule has 5 heteroatoms. The third kappa shape index (κ3) is 1.74. The molecule has 0 amide bonds. The smallest absolute Gasteiger partial charge is 0.192 e. The van der Waals surface area contributed by atoms with Crippen LogP contribution < -0.4 is 5.73 Å². The van der Waals surface area contributed by atoms with E-state index < -0.39 is 5.82 Å². The fourth-order valence-electron chi connectivity index (χ4n) is 1.43. The van der Waals surface area contributed by atoms with Crippen LogP contribution in [0.4, 0.5) is 10.2 Å². The van der Waals surface area contributed by atoms with E-state index in [1.54, 1.807) is 0 Å². The number of nitrogen functional groups attached to an aromatic ring is 1. The molecule has 0 aliphatic rings. The standard InChI is InChI=1S/C10H9BrFN3/c1-5-4-6(11)2-3-7(5)9-8(12)10(13)15-14-9/h2-4H,1H3,(H3,13,14,15). The van der Waals surface area contributed by atoms with Gasteiger partial charge in [-0.15, -0.1) is 0 Å². The number of aromatic nitrogens is 2. The summed E-state index contributed by atoms with van der Waals surface area (Å²) in [4.78, 5) is 0. The zero-order chi connectivity index (χ0) is 11.0. The maximum atomic E-state index is 13.5. The van der Waals surface area contributed by atoms with Gasteiger partial charge in [0.15, 0.2) is 11.6 Å². The maximum absolute atomic E-state index is 13.5. The molecular formula is C10H9BrFN3. The minimum Gasteiger partial charge on any atom is -0.380 e. The van der Waals surface area contributed by atoms with Crippen molar-refractivity contribution < 1.29 is 4.39 Å². The van der Waals surface area contributed by atoms with E-state index in [-0.39, 0.29) is 5.82 Å². The second-order valence-corrected chi connectivity index (χ2v) is 4.17. The van der Waals surface area contributed by atoms with E-state index in [1.807, 2.05) is 25.1 Å². The predicted molar refractivity (Wildman–Crippen MR) is 60.8 cm³/mol. The lowest BCUT2D eigenvalue weighted by atomic mass is 10.1. The van der Waals surface area contributed by atoms with Crippen LogP contribution in [0, 0.1) is 12.7 Å². The maximum Gasteiger partial charge on any atom is 0.192 e. The Bertz CT molecular complexity index is 507. The van der Waals surface area contributed by atoms with E-state index in [2.05, 4.69) is 26.1 Å². The SMILES string of the molecule is Cc1cc(Br)ccc1-c1[nH]nc(N)c1F. The van der Waals surface area contributed by atoms with Crippen molar-refractivity contribution in [3.63, 3.8) is 0 Å². The molecule has 0 unspecified atom stereocenters. The van der Waals surface area contributed by atoms with E-state index in [1.165, 1.54) is 0 Å². The topological polar surface area (TPSA) is 54.7 Å². The van der Waals surface area contributed by atoms with Gasteiger partial charge >= 0.3 is 0 Å². The van der Waals surface area contributed by atoms with Crippen molar-refractivity contribution in [3.8, 4) is 11.3 Å². The summed E-state index contributed by atoms with van der Waals surface area (Å²) in [5.41, 5.74) is 7.38. The van der Waals surface area contributed by atoms with E-state index in [0.29, 0.717) is 5.69 Å². The number of hydrogen-bond acceptors (Lipinski definition) is 2. The molecule has 0 fully saturated rings. The predicted octanol–water partition coefficient (Wildman–Crippen LogP) is 2.87. The highest BCUT2D eigenvalue weighted by Crippen LogP contribution is 2.28. The largest absolute Gasteiger partial charge is 0.380 e. The molecule has 0 radical (unpaired) electrons. The van der Waals surface area contributed by atoms with Crippen molar-refractivity contribution in [2.24, 2.45) is 0 Å². The normalized spacial score (nSPS) is 10.6. The molecule has 0 atom stereocenters. The summed E-state index contributed by atoms with van der Waals surface area (Å²) in [6.45, 7) is 1.90. The van der Waals surface area contributed by atoms with Crippen LogP contribution in [0.1, 0.15) is 5.56 Å². The second-order valence-electron chi connectivity index (χ2n) is 3.26. The van der Waals surface area contributed by atoms with Crippen molar-refractivity contribution >= 4 is 21.7 Å². The fourth-order valence-corrected chi connectivity index (χ4v) is 1.90. The zero-order valence-corrected chi connectivity index (χ0v) is 9.60. The highest BCUT2D eigenvalue weighted by molar-refractivity contribution is 9.10. The van der Waals surface area contributed by atoms with Gasteiger partial charge in [0, 0.05) is 10.0 Å². The first-order valence-electron chi connectivity index (χ1n) is 4.35. The van der Waals surface area contributed by atoms with Crippen molar-refractivity contribution in [2.75, 3.05) is 5.73 Å². The summed E-state index contributed by atoms with van der Waals surface area (Å²) in [7, 11) is 0. The Kier molecular flexibility index (Phi) is 2.48. The molecule has 0 aliphatic heterocycles. The van der Waals surface area contributed by atoms with Crippen LogP contribution in [0.15, 0.2) is 22.7 Å². The number of aryl methyl sites for hydroxylation is 1. The Morgan fingerprint density at radius 3 is 2.73 bits per heavy atom. The molecule has 3 N–H and O–H groups in total. The third-order valence-corrected chi connectivity index (χ3v) is 2.68. The van der Waals surface area contributed by atoms with Crippen LogP contribution in [0.2, 0.25) is 0 Å². The molecule has 0 spiro atoms. The average molecular weight is 270 g/mol. The number of nitrogens with two attached hydrogens (primary N) is 1. The molecule has 1 aromatic carbocycles. The average Bonchev–Trinajstić information content (AvgIpc) is 2.49. The first-order chi connectivity index (χ1) is 7.09. The molecule has 2 aromatic rings. The molecule has 2 rings (SSSR count). The summed E-state index contributed by atoms with van der Waals surface area (Å²) >= 11 is 3.35. The first kappa shape index (κ1) is 10.2. The number of anilines is 1. The molecule has 0 bridgehead atoms. The highest BCUT2D eigenvalue weighted by Gasteiger charge is 2.13. The zero-order valence-electron chi connectivity index (χ0n) is 8.01. The van der Waals surface area contributed by atoms with E-state index in [4.69, 9.17) is 5.73 Å². The molecule has 15 heavy (non-hydrogen) atoms.